The van der Waals surface area contributed by atoms with Gasteiger partial charge in [-0.25, -0.2) is 9.97 Å². The molecule has 7 nitrogen and oxygen atoms in total. The van der Waals surface area contributed by atoms with Gasteiger partial charge in [0, 0.05) is 24.8 Å². The Hall–Kier alpha value is -3.97. The Kier molecular flexibility index (Phi) is 6.22. The Bertz CT molecular complexity index is 1440. The van der Waals surface area contributed by atoms with Crippen molar-refractivity contribution in [3.8, 4) is 11.6 Å². The number of hydrogen-bond acceptors (Lipinski definition) is 6. The highest BCUT2D eigenvalue weighted by atomic mass is 16.3. The molecule has 4 heterocycles. The molecule has 182 valence electrons. The lowest BCUT2D eigenvalue weighted by atomic mass is 9.89. The average Bonchev–Trinajstić information content (AvgIpc) is 3.61. The molecule has 0 spiro atoms. The molecule has 7 heteroatoms. The van der Waals surface area contributed by atoms with Crippen LogP contribution in [0.2, 0.25) is 0 Å². The van der Waals surface area contributed by atoms with Gasteiger partial charge in [0.15, 0.2) is 11.4 Å². The van der Waals surface area contributed by atoms with Crippen molar-refractivity contribution in [2.45, 2.75) is 38.8 Å². The molecule has 1 N–H and O–H groups in total. The van der Waals surface area contributed by atoms with Crippen LogP contribution in [0.15, 0.2) is 83.6 Å². The molecule has 0 amide bonds. The topological polar surface area (TPSA) is 71.5 Å². The Morgan fingerprint density at radius 1 is 0.944 bits per heavy atom. The molecular weight excluding hydrogens is 448 g/mol. The van der Waals surface area contributed by atoms with E-state index in [2.05, 4.69) is 71.7 Å². The molecule has 0 radical (unpaired) electrons. The Morgan fingerprint density at radius 3 is 2.53 bits per heavy atom. The number of likely N-dealkylation sites (tertiary alicyclic amines) is 1. The number of furan rings is 1. The molecule has 1 aliphatic heterocycles. The number of fused-ring (bicyclic) bond motifs is 1. The lowest BCUT2D eigenvalue weighted by molar-refractivity contribution is 0.205. The van der Waals surface area contributed by atoms with E-state index in [9.17, 15) is 0 Å². The van der Waals surface area contributed by atoms with E-state index in [1.54, 1.807) is 6.26 Å². The van der Waals surface area contributed by atoms with E-state index in [1.165, 1.54) is 16.7 Å². The van der Waals surface area contributed by atoms with Crippen LogP contribution in [0.5, 0.6) is 0 Å². The first-order valence-corrected chi connectivity index (χ1v) is 12.6. The fourth-order valence-electron chi connectivity index (χ4n) is 5.03. The van der Waals surface area contributed by atoms with Crippen LogP contribution in [-0.4, -0.2) is 37.6 Å². The zero-order valence-corrected chi connectivity index (χ0v) is 20.5. The van der Waals surface area contributed by atoms with Gasteiger partial charge in [0.1, 0.15) is 0 Å². The fraction of sp³-hybridized carbons (Fsp3) is 0.276. The smallest absolute Gasteiger partial charge is 0.226 e. The van der Waals surface area contributed by atoms with Crippen molar-refractivity contribution in [2.75, 3.05) is 18.4 Å². The zero-order valence-electron chi connectivity index (χ0n) is 20.5. The van der Waals surface area contributed by atoms with Crippen molar-refractivity contribution in [2.24, 2.45) is 0 Å². The number of aromatic nitrogens is 4. The Balaban J connectivity index is 1.24. The summed E-state index contributed by atoms with van der Waals surface area (Å²) >= 11 is 0. The van der Waals surface area contributed by atoms with E-state index in [-0.39, 0.29) is 0 Å². The first kappa shape index (κ1) is 22.5. The summed E-state index contributed by atoms with van der Waals surface area (Å²) in [5, 5.41) is 8.23. The summed E-state index contributed by atoms with van der Waals surface area (Å²) in [5.41, 5.74) is 5.80. The lowest BCUT2D eigenvalue weighted by Crippen LogP contribution is -2.32. The molecule has 3 aromatic heterocycles. The predicted octanol–water partition coefficient (Wildman–Crippen LogP) is 5.68. The molecule has 1 aliphatic rings. The van der Waals surface area contributed by atoms with Gasteiger partial charge in [-0.15, -0.1) is 5.10 Å². The van der Waals surface area contributed by atoms with Gasteiger partial charge in [0.2, 0.25) is 11.8 Å². The van der Waals surface area contributed by atoms with Crippen molar-refractivity contribution in [1.29, 1.82) is 0 Å². The number of benzene rings is 2. The number of anilines is 1. The largest absolute Gasteiger partial charge is 0.461 e. The van der Waals surface area contributed by atoms with Crippen molar-refractivity contribution < 1.29 is 4.42 Å². The molecule has 0 bridgehead atoms. The van der Waals surface area contributed by atoms with Gasteiger partial charge < -0.3 is 9.73 Å². The lowest BCUT2D eigenvalue weighted by Gasteiger charge is -2.32. The van der Waals surface area contributed by atoms with Crippen LogP contribution >= 0.6 is 0 Å². The van der Waals surface area contributed by atoms with E-state index in [4.69, 9.17) is 19.5 Å². The standard InChI is InChI=1S/C29H30N6O/c1-21-8-5-6-11-24(21)18-30-29-31-19-25(28-32-27(33-35(28)29)26-12-7-17-36-26)20-34-15-13-23(14-16-34)22-9-3-2-4-10-22/h2-12,17,19,23H,13-16,18,20H2,1H3,(H,30,31). The highest BCUT2D eigenvalue weighted by Gasteiger charge is 2.23. The monoisotopic (exact) mass is 478 g/mol. The molecule has 2 aromatic carbocycles. The highest BCUT2D eigenvalue weighted by Crippen LogP contribution is 2.29. The maximum atomic E-state index is 5.59. The number of nitrogens with zero attached hydrogens (tertiary/aromatic N) is 5. The maximum absolute atomic E-state index is 5.59. The van der Waals surface area contributed by atoms with Crippen LogP contribution in [0, 0.1) is 6.92 Å². The van der Waals surface area contributed by atoms with Gasteiger partial charge in [-0.3, -0.25) is 4.90 Å². The molecule has 1 saturated heterocycles. The van der Waals surface area contributed by atoms with E-state index in [1.807, 2.05) is 22.8 Å². The van der Waals surface area contributed by atoms with Gasteiger partial charge in [0.25, 0.3) is 0 Å². The van der Waals surface area contributed by atoms with Gasteiger partial charge in [-0.1, -0.05) is 54.6 Å². The van der Waals surface area contributed by atoms with Crippen LogP contribution in [0.25, 0.3) is 17.2 Å². The van der Waals surface area contributed by atoms with Crippen molar-refractivity contribution in [1.82, 2.24) is 24.5 Å². The van der Waals surface area contributed by atoms with Crippen LogP contribution in [0.1, 0.15) is 41.0 Å². The molecule has 6 rings (SSSR count). The number of aryl methyl sites for hydroxylation is 1. The third-order valence-corrected chi connectivity index (χ3v) is 7.13. The van der Waals surface area contributed by atoms with E-state index in [0.717, 1.165) is 43.7 Å². The summed E-state index contributed by atoms with van der Waals surface area (Å²) in [5.74, 6) is 2.52. The molecule has 0 saturated carbocycles. The van der Waals surface area contributed by atoms with Crippen molar-refractivity contribution in [3.63, 3.8) is 0 Å². The third-order valence-electron chi connectivity index (χ3n) is 7.13. The number of rotatable bonds is 7. The van der Waals surface area contributed by atoms with Crippen LogP contribution in [0.4, 0.5) is 5.95 Å². The van der Waals surface area contributed by atoms with Crippen LogP contribution in [-0.2, 0) is 13.1 Å². The molecular formula is C29H30N6O. The van der Waals surface area contributed by atoms with Gasteiger partial charge in [-0.05, 0) is 67.6 Å². The zero-order chi connectivity index (χ0) is 24.3. The molecule has 0 aliphatic carbocycles. The second-order valence-electron chi connectivity index (χ2n) is 9.50. The van der Waals surface area contributed by atoms with E-state index < -0.39 is 0 Å². The summed E-state index contributed by atoms with van der Waals surface area (Å²) in [6.07, 6.45) is 5.91. The molecule has 36 heavy (non-hydrogen) atoms. The van der Waals surface area contributed by atoms with E-state index in [0.29, 0.717) is 30.0 Å². The summed E-state index contributed by atoms with van der Waals surface area (Å²) in [6, 6.07) is 23.0. The van der Waals surface area contributed by atoms with Crippen LogP contribution in [0.3, 0.4) is 0 Å². The number of piperidine rings is 1. The van der Waals surface area contributed by atoms with Crippen LogP contribution < -0.4 is 5.32 Å². The third kappa shape index (κ3) is 4.62. The average molecular weight is 479 g/mol. The van der Waals surface area contributed by atoms with Gasteiger partial charge in [0.05, 0.1) is 6.26 Å². The van der Waals surface area contributed by atoms with Gasteiger partial charge >= 0.3 is 0 Å². The summed E-state index contributed by atoms with van der Waals surface area (Å²) in [4.78, 5) is 12.1. The minimum atomic E-state index is 0.566. The second kappa shape index (κ2) is 9.95. The number of hydrogen-bond donors (Lipinski definition) is 1. The maximum Gasteiger partial charge on any atom is 0.226 e. The fourth-order valence-corrected chi connectivity index (χ4v) is 5.03. The first-order chi connectivity index (χ1) is 17.7. The molecule has 0 unspecified atom stereocenters. The molecule has 5 aromatic rings. The summed E-state index contributed by atoms with van der Waals surface area (Å²) in [6.45, 7) is 5.69. The minimum absolute atomic E-state index is 0.566. The SMILES string of the molecule is Cc1ccccc1CNc1ncc(CN2CCC(c3ccccc3)CC2)c2nc(-c3ccco3)nn12. The highest BCUT2D eigenvalue weighted by molar-refractivity contribution is 5.58. The summed E-state index contributed by atoms with van der Waals surface area (Å²) in [7, 11) is 0. The Labute approximate surface area is 210 Å². The van der Waals surface area contributed by atoms with Crippen molar-refractivity contribution >= 4 is 11.6 Å². The molecule has 0 atom stereocenters. The minimum Gasteiger partial charge on any atom is -0.461 e. The second-order valence-corrected chi connectivity index (χ2v) is 9.50. The summed E-state index contributed by atoms with van der Waals surface area (Å²) < 4.78 is 7.41. The van der Waals surface area contributed by atoms with Gasteiger partial charge in [-0.2, -0.15) is 4.52 Å². The first-order valence-electron chi connectivity index (χ1n) is 12.6. The number of nitrogens with one attached hydrogen (secondary N) is 1. The van der Waals surface area contributed by atoms with E-state index >= 15 is 0 Å². The normalized spacial score (nSPS) is 14.9. The Morgan fingerprint density at radius 2 is 1.75 bits per heavy atom. The predicted molar refractivity (Wildman–Crippen MR) is 141 cm³/mol. The molecule has 1 fully saturated rings. The van der Waals surface area contributed by atoms with Crippen molar-refractivity contribution in [3.05, 3.63) is 101 Å². The quantitative estimate of drug-likeness (QED) is 0.324.